The van der Waals surface area contributed by atoms with Crippen molar-refractivity contribution < 1.29 is 14.3 Å². The van der Waals surface area contributed by atoms with Crippen LogP contribution in [0.15, 0.2) is 12.1 Å². The van der Waals surface area contributed by atoms with Crippen molar-refractivity contribution >= 4 is 5.91 Å². The Balaban J connectivity index is 1.46. The van der Waals surface area contributed by atoms with Crippen LogP contribution in [0, 0.1) is 25.7 Å². The number of ether oxygens (including phenoxy) is 2. The van der Waals surface area contributed by atoms with Gasteiger partial charge in [-0.05, 0) is 48.9 Å². The minimum atomic E-state index is -0.155. The van der Waals surface area contributed by atoms with Gasteiger partial charge in [0, 0.05) is 39.2 Å². The van der Waals surface area contributed by atoms with Gasteiger partial charge in [0.15, 0.2) is 5.82 Å². The lowest BCUT2D eigenvalue weighted by Gasteiger charge is -2.25. The number of carbonyl (C=O) groups is 1. The van der Waals surface area contributed by atoms with E-state index in [2.05, 4.69) is 64.8 Å². The minimum Gasteiger partial charge on any atom is -0.496 e. The van der Waals surface area contributed by atoms with E-state index in [1.165, 1.54) is 16.7 Å². The highest BCUT2D eigenvalue weighted by Gasteiger charge is 2.31. The topological polar surface area (TPSA) is 81.5 Å². The molecule has 2 aliphatic rings. The Labute approximate surface area is 196 Å². The van der Waals surface area contributed by atoms with E-state index in [9.17, 15) is 4.79 Å². The van der Waals surface area contributed by atoms with Gasteiger partial charge in [-0.3, -0.25) is 9.69 Å². The Morgan fingerprint density at radius 3 is 2.73 bits per heavy atom. The molecule has 8 nitrogen and oxygen atoms in total. The van der Waals surface area contributed by atoms with Gasteiger partial charge in [-0.1, -0.05) is 19.9 Å². The van der Waals surface area contributed by atoms with E-state index < -0.39 is 0 Å². The predicted molar refractivity (Wildman–Crippen MR) is 126 cm³/mol. The van der Waals surface area contributed by atoms with E-state index in [1.807, 2.05) is 0 Å². The van der Waals surface area contributed by atoms with Crippen molar-refractivity contribution in [2.24, 2.45) is 11.8 Å². The molecule has 1 fully saturated rings. The summed E-state index contributed by atoms with van der Waals surface area (Å²) in [6.45, 7) is 13.3. The molecular weight excluding hydrogens is 418 g/mol. The average molecular weight is 456 g/mol. The normalized spacial score (nSPS) is 19.9. The summed E-state index contributed by atoms with van der Waals surface area (Å²) in [7, 11) is 1.72. The largest absolute Gasteiger partial charge is 0.496 e. The number of hydrogen-bond acceptors (Lipinski definition) is 6. The first-order valence-corrected chi connectivity index (χ1v) is 12.0. The van der Waals surface area contributed by atoms with Gasteiger partial charge in [-0.25, -0.2) is 0 Å². The standard InChI is InChI=1S/C25H37N5O3/c1-16(2)23(26-25(31)20-9-13-33-15-20)24-28-27-22-8-10-29(11-12-30(22)24)14-19-6-7-21(32-5)18(4)17(19)3/h6-7,16,20,23H,8-15H2,1-5H3,(H,26,31). The molecule has 1 aromatic heterocycles. The van der Waals surface area contributed by atoms with Crippen molar-refractivity contribution in [3.05, 3.63) is 40.5 Å². The van der Waals surface area contributed by atoms with Crippen LogP contribution in [0.2, 0.25) is 0 Å². The number of hydrogen-bond donors (Lipinski definition) is 1. The summed E-state index contributed by atoms with van der Waals surface area (Å²) in [6, 6.07) is 4.08. The molecule has 2 aliphatic heterocycles. The van der Waals surface area contributed by atoms with Crippen molar-refractivity contribution in [3.63, 3.8) is 0 Å². The lowest BCUT2D eigenvalue weighted by atomic mass is 10.0. The Morgan fingerprint density at radius 2 is 2.03 bits per heavy atom. The van der Waals surface area contributed by atoms with Gasteiger partial charge in [0.1, 0.15) is 11.6 Å². The highest BCUT2D eigenvalue weighted by molar-refractivity contribution is 5.79. The number of benzene rings is 1. The van der Waals surface area contributed by atoms with E-state index in [0.717, 1.165) is 56.4 Å². The molecule has 180 valence electrons. The molecule has 1 saturated heterocycles. The van der Waals surface area contributed by atoms with Gasteiger partial charge in [-0.2, -0.15) is 0 Å². The van der Waals surface area contributed by atoms with E-state index >= 15 is 0 Å². The lowest BCUT2D eigenvalue weighted by Crippen LogP contribution is -2.38. The Hall–Kier alpha value is -2.45. The number of carbonyl (C=O) groups excluding carboxylic acids is 1. The molecular formula is C25H37N5O3. The maximum atomic E-state index is 12.8. The number of fused-ring (bicyclic) bond motifs is 1. The number of rotatable bonds is 7. The number of aromatic nitrogens is 3. The minimum absolute atomic E-state index is 0.0594. The quantitative estimate of drug-likeness (QED) is 0.692. The molecule has 0 bridgehead atoms. The Bertz CT molecular complexity index is 981. The van der Waals surface area contributed by atoms with E-state index in [1.54, 1.807) is 7.11 Å². The van der Waals surface area contributed by atoms with Gasteiger partial charge in [0.25, 0.3) is 0 Å². The molecule has 1 N–H and O–H groups in total. The molecule has 0 radical (unpaired) electrons. The Kier molecular flexibility index (Phi) is 7.34. The van der Waals surface area contributed by atoms with Crippen LogP contribution in [-0.2, 0) is 29.0 Å². The highest BCUT2D eigenvalue weighted by Crippen LogP contribution is 2.27. The van der Waals surface area contributed by atoms with Gasteiger partial charge >= 0.3 is 0 Å². The summed E-state index contributed by atoms with van der Waals surface area (Å²) in [5.41, 5.74) is 3.82. The Morgan fingerprint density at radius 1 is 1.21 bits per heavy atom. The molecule has 2 unspecified atom stereocenters. The first-order chi connectivity index (χ1) is 15.9. The van der Waals surface area contributed by atoms with Crippen LogP contribution in [0.1, 0.15) is 54.6 Å². The summed E-state index contributed by atoms with van der Waals surface area (Å²) < 4.78 is 13.1. The summed E-state index contributed by atoms with van der Waals surface area (Å²) >= 11 is 0. The summed E-state index contributed by atoms with van der Waals surface area (Å²) in [5, 5.41) is 12.3. The molecule has 33 heavy (non-hydrogen) atoms. The maximum absolute atomic E-state index is 12.8. The van der Waals surface area contributed by atoms with Crippen molar-refractivity contribution in [1.29, 1.82) is 0 Å². The second-order valence-electron chi connectivity index (χ2n) is 9.62. The second-order valence-corrected chi connectivity index (χ2v) is 9.62. The molecule has 0 spiro atoms. The van der Waals surface area contributed by atoms with Crippen molar-refractivity contribution in [2.45, 2.75) is 59.7 Å². The summed E-state index contributed by atoms with van der Waals surface area (Å²) in [5.74, 6) is 3.01. The summed E-state index contributed by atoms with van der Waals surface area (Å²) in [4.78, 5) is 15.3. The number of nitrogens with one attached hydrogen (secondary N) is 1. The third kappa shape index (κ3) is 5.06. The van der Waals surface area contributed by atoms with Gasteiger partial charge in [-0.15, -0.1) is 10.2 Å². The molecule has 0 aliphatic carbocycles. The van der Waals surface area contributed by atoms with Crippen molar-refractivity contribution in [3.8, 4) is 5.75 Å². The molecule has 0 saturated carbocycles. The first-order valence-electron chi connectivity index (χ1n) is 12.0. The second kappa shape index (κ2) is 10.2. The molecule has 8 heteroatoms. The zero-order valence-corrected chi connectivity index (χ0v) is 20.6. The smallest absolute Gasteiger partial charge is 0.226 e. The van der Waals surface area contributed by atoms with Gasteiger partial charge in [0.2, 0.25) is 5.91 Å². The molecule has 3 heterocycles. The van der Waals surface area contributed by atoms with Crippen LogP contribution in [0.25, 0.3) is 0 Å². The zero-order valence-electron chi connectivity index (χ0n) is 20.6. The van der Waals surface area contributed by atoms with Crippen LogP contribution in [0.3, 0.4) is 0 Å². The zero-order chi connectivity index (χ0) is 23.5. The number of amides is 1. The van der Waals surface area contributed by atoms with E-state index in [4.69, 9.17) is 9.47 Å². The van der Waals surface area contributed by atoms with E-state index in [-0.39, 0.29) is 23.8 Å². The fourth-order valence-corrected chi connectivity index (χ4v) is 4.80. The van der Waals surface area contributed by atoms with Crippen molar-refractivity contribution in [2.75, 3.05) is 33.4 Å². The first kappa shape index (κ1) is 23.7. The highest BCUT2D eigenvalue weighted by atomic mass is 16.5. The van der Waals surface area contributed by atoms with Crippen LogP contribution >= 0.6 is 0 Å². The summed E-state index contributed by atoms with van der Waals surface area (Å²) in [6.07, 6.45) is 1.63. The molecule has 2 aromatic rings. The SMILES string of the molecule is COc1ccc(CN2CCc3nnc(C(NC(=O)C4CCOC4)C(C)C)n3CC2)c(C)c1C. The fourth-order valence-electron chi connectivity index (χ4n) is 4.80. The van der Waals surface area contributed by atoms with Crippen molar-refractivity contribution in [1.82, 2.24) is 25.0 Å². The molecule has 2 atom stereocenters. The molecule has 1 aromatic carbocycles. The number of methoxy groups -OCH3 is 1. The molecule has 4 rings (SSSR count). The predicted octanol–water partition coefficient (Wildman–Crippen LogP) is 2.81. The van der Waals surface area contributed by atoms with Crippen LogP contribution in [0.4, 0.5) is 0 Å². The third-order valence-electron chi connectivity index (χ3n) is 7.15. The fraction of sp³-hybridized carbons (Fsp3) is 0.640. The average Bonchev–Trinajstić information content (AvgIpc) is 3.43. The lowest BCUT2D eigenvalue weighted by molar-refractivity contribution is -0.126. The molecule has 1 amide bonds. The van der Waals surface area contributed by atoms with Crippen LogP contribution in [-0.4, -0.2) is 59.0 Å². The van der Waals surface area contributed by atoms with Crippen LogP contribution < -0.4 is 10.1 Å². The number of nitrogens with zero attached hydrogens (tertiary/aromatic N) is 4. The van der Waals surface area contributed by atoms with Gasteiger partial charge in [0.05, 0.1) is 25.7 Å². The monoisotopic (exact) mass is 455 g/mol. The third-order valence-corrected chi connectivity index (χ3v) is 7.15. The maximum Gasteiger partial charge on any atom is 0.226 e. The van der Waals surface area contributed by atoms with E-state index in [0.29, 0.717) is 13.2 Å². The van der Waals surface area contributed by atoms with Gasteiger partial charge < -0.3 is 19.4 Å². The van der Waals surface area contributed by atoms with Crippen LogP contribution in [0.5, 0.6) is 5.75 Å².